The zero-order chi connectivity index (χ0) is 14.7. The summed E-state index contributed by atoms with van der Waals surface area (Å²) >= 11 is 6.30. The van der Waals surface area contributed by atoms with Crippen molar-refractivity contribution in [3.63, 3.8) is 0 Å². The first kappa shape index (κ1) is 15.2. The molecular formula is C16H21ClO3. The van der Waals surface area contributed by atoms with Crippen LogP contribution in [0.25, 0.3) is 0 Å². The molecule has 4 heteroatoms. The minimum Gasteiger partial charge on any atom is -0.495 e. The van der Waals surface area contributed by atoms with Crippen LogP contribution in [0.4, 0.5) is 0 Å². The fraction of sp³-hybridized carbons (Fsp3) is 0.562. The van der Waals surface area contributed by atoms with E-state index in [-0.39, 0.29) is 0 Å². The summed E-state index contributed by atoms with van der Waals surface area (Å²) in [4.78, 5) is 11.0. The molecule has 1 aromatic rings. The second-order valence-electron chi connectivity index (χ2n) is 5.62. The first-order valence-electron chi connectivity index (χ1n) is 7.12. The number of halogens is 1. The van der Waals surface area contributed by atoms with Crippen molar-refractivity contribution in [1.29, 1.82) is 0 Å². The third-order valence-corrected chi connectivity index (χ3v) is 4.38. The lowest BCUT2D eigenvalue weighted by Gasteiger charge is -2.18. The van der Waals surface area contributed by atoms with E-state index in [1.807, 2.05) is 6.07 Å². The van der Waals surface area contributed by atoms with Gasteiger partial charge in [-0.3, -0.25) is 4.79 Å². The van der Waals surface area contributed by atoms with Crippen LogP contribution >= 0.6 is 11.6 Å². The Balaban J connectivity index is 2.32. The molecule has 0 bridgehead atoms. The van der Waals surface area contributed by atoms with Crippen LogP contribution in [-0.4, -0.2) is 18.2 Å². The Hall–Kier alpha value is -1.22. The van der Waals surface area contributed by atoms with Crippen LogP contribution in [0.15, 0.2) is 12.1 Å². The summed E-state index contributed by atoms with van der Waals surface area (Å²) in [5.41, 5.74) is 2.12. The predicted molar refractivity (Wildman–Crippen MR) is 79.7 cm³/mol. The molecule has 1 fully saturated rings. The summed E-state index contributed by atoms with van der Waals surface area (Å²) in [7, 11) is 1.64. The minimum absolute atomic E-state index is 0.407. The number of hydrogen-bond acceptors (Lipinski definition) is 2. The Labute approximate surface area is 124 Å². The predicted octanol–water partition coefficient (Wildman–Crippen LogP) is 4.27. The molecule has 110 valence electrons. The van der Waals surface area contributed by atoms with Gasteiger partial charge in [-0.1, -0.05) is 37.4 Å². The standard InChI is InChI=1S/C16H21ClO3/c1-10(16(18)19)7-11-8-13(12-5-3-4-6-12)15(20-2)14(17)9-11/h8-10,12H,3-7H2,1-2H3,(H,18,19). The molecule has 0 spiro atoms. The Bertz CT molecular complexity index is 493. The number of carboxylic acids is 1. The van der Waals surface area contributed by atoms with Crippen LogP contribution < -0.4 is 4.74 Å². The lowest BCUT2D eigenvalue weighted by atomic mass is 9.92. The Morgan fingerprint density at radius 1 is 1.45 bits per heavy atom. The van der Waals surface area contributed by atoms with Gasteiger partial charge in [0.15, 0.2) is 0 Å². The van der Waals surface area contributed by atoms with Crippen molar-refractivity contribution in [2.75, 3.05) is 7.11 Å². The second kappa shape index (κ2) is 6.49. The average molecular weight is 297 g/mol. The van der Waals surface area contributed by atoms with Gasteiger partial charge in [-0.15, -0.1) is 0 Å². The molecule has 0 saturated heterocycles. The van der Waals surface area contributed by atoms with Gasteiger partial charge in [-0.25, -0.2) is 0 Å². The van der Waals surface area contributed by atoms with Crippen LogP contribution in [0.3, 0.4) is 0 Å². The molecule has 1 saturated carbocycles. The lowest BCUT2D eigenvalue weighted by molar-refractivity contribution is -0.141. The fourth-order valence-electron chi connectivity index (χ4n) is 2.99. The summed E-state index contributed by atoms with van der Waals surface area (Å²) in [6.07, 6.45) is 5.29. The summed E-state index contributed by atoms with van der Waals surface area (Å²) in [5, 5.41) is 9.62. The van der Waals surface area contributed by atoms with E-state index in [0.29, 0.717) is 17.4 Å². The van der Waals surface area contributed by atoms with Gasteiger partial charge >= 0.3 is 5.97 Å². The number of carbonyl (C=O) groups is 1. The van der Waals surface area contributed by atoms with Crippen molar-refractivity contribution in [1.82, 2.24) is 0 Å². The van der Waals surface area contributed by atoms with E-state index in [2.05, 4.69) is 6.07 Å². The molecule has 20 heavy (non-hydrogen) atoms. The normalized spacial score (nSPS) is 17.1. The monoisotopic (exact) mass is 296 g/mol. The van der Waals surface area contributed by atoms with Gasteiger partial charge in [0, 0.05) is 0 Å². The number of hydrogen-bond donors (Lipinski definition) is 1. The van der Waals surface area contributed by atoms with Crippen LogP contribution in [0.2, 0.25) is 5.02 Å². The fourth-order valence-corrected chi connectivity index (χ4v) is 3.31. The zero-order valence-electron chi connectivity index (χ0n) is 12.0. The highest BCUT2D eigenvalue weighted by Crippen LogP contribution is 2.42. The van der Waals surface area contributed by atoms with E-state index in [1.54, 1.807) is 14.0 Å². The topological polar surface area (TPSA) is 46.5 Å². The maximum Gasteiger partial charge on any atom is 0.306 e. The molecule has 0 amide bonds. The van der Waals surface area contributed by atoms with Crippen molar-refractivity contribution >= 4 is 17.6 Å². The van der Waals surface area contributed by atoms with Crippen molar-refractivity contribution in [3.8, 4) is 5.75 Å². The minimum atomic E-state index is -0.778. The molecule has 1 unspecified atom stereocenters. The van der Waals surface area contributed by atoms with Crippen molar-refractivity contribution in [2.24, 2.45) is 5.92 Å². The van der Waals surface area contributed by atoms with Crippen LogP contribution in [0, 0.1) is 5.92 Å². The SMILES string of the molecule is COc1c(Cl)cc(CC(C)C(=O)O)cc1C1CCCC1. The van der Waals surface area contributed by atoms with Gasteiger partial charge in [0.2, 0.25) is 0 Å². The second-order valence-corrected chi connectivity index (χ2v) is 6.03. The molecule has 0 aliphatic heterocycles. The Kier molecular flexibility index (Phi) is 4.92. The van der Waals surface area contributed by atoms with Gasteiger partial charge in [-0.05, 0) is 42.4 Å². The molecule has 0 aromatic heterocycles. The first-order valence-corrected chi connectivity index (χ1v) is 7.49. The van der Waals surface area contributed by atoms with E-state index in [1.165, 1.54) is 12.8 Å². The number of aliphatic carboxylic acids is 1. The number of methoxy groups -OCH3 is 1. The molecule has 2 rings (SSSR count). The van der Waals surface area contributed by atoms with Gasteiger partial charge in [0.25, 0.3) is 0 Å². The molecule has 3 nitrogen and oxygen atoms in total. The highest BCUT2D eigenvalue weighted by Gasteiger charge is 2.23. The molecule has 1 aliphatic carbocycles. The average Bonchev–Trinajstić information content (AvgIpc) is 2.91. The summed E-state index contributed by atoms with van der Waals surface area (Å²) in [6, 6.07) is 3.92. The van der Waals surface area contributed by atoms with Gasteiger partial charge in [-0.2, -0.15) is 0 Å². The summed E-state index contributed by atoms with van der Waals surface area (Å²) in [5.74, 6) is 0.0584. The van der Waals surface area contributed by atoms with E-state index in [9.17, 15) is 4.79 Å². The molecule has 1 aromatic carbocycles. The molecule has 1 N–H and O–H groups in total. The van der Waals surface area contributed by atoms with Crippen molar-refractivity contribution < 1.29 is 14.6 Å². The highest BCUT2D eigenvalue weighted by molar-refractivity contribution is 6.32. The maximum atomic E-state index is 11.0. The largest absolute Gasteiger partial charge is 0.495 e. The third kappa shape index (κ3) is 3.26. The van der Waals surface area contributed by atoms with Crippen LogP contribution in [0.5, 0.6) is 5.75 Å². The van der Waals surface area contributed by atoms with E-state index >= 15 is 0 Å². The molecular weight excluding hydrogens is 276 g/mol. The van der Waals surface area contributed by atoms with Crippen LogP contribution in [0.1, 0.15) is 49.7 Å². The number of carboxylic acid groups (broad SMARTS) is 1. The quantitative estimate of drug-likeness (QED) is 0.882. The van der Waals surface area contributed by atoms with E-state index in [0.717, 1.165) is 29.7 Å². The number of benzene rings is 1. The summed E-state index contributed by atoms with van der Waals surface area (Å²) in [6.45, 7) is 1.72. The zero-order valence-corrected chi connectivity index (χ0v) is 12.7. The smallest absolute Gasteiger partial charge is 0.306 e. The highest BCUT2D eigenvalue weighted by atomic mass is 35.5. The summed E-state index contributed by atoms with van der Waals surface area (Å²) < 4.78 is 5.45. The van der Waals surface area contributed by atoms with Gasteiger partial charge < -0.3 is 9.84 Å². The number of ether oxygens (including phenoxy) is 1. The molecule has 0 heterocycles. The Morgan fingerprint density at radius 3 is 2.65 bits per heavy atom. The van der Waals surface area contributed by atoms with Gasteiger partial charge in [0.1, 0.15) is 5.75 Å². The van der Waals surface area contributed by atoms with Crippen molar-refractivity contribution in [3.05, 3.63) is 28.3 Å². The Morgan fingerprint density at radius 2 is 2.10 bits per heavy atom. The molecule has 1 atom stereocenters. The number of rotatable bonds is 5. The van der Waals surface area contributed by atoms with E-state index < -0.39 is 11.9 Å². The maximum absolute atomic E-state index is 11.0. The first-order chi connectivity index (χ1) is 9.52. The molecule has 0 radical (unpaired) electrons. The third-order valence-electron chi connectivity index (χ3n) is 4.09. The van der Waals surface area contributed by atoms with Gasteiger partial charge in [0.05, 0.1) is 18.1 Å². The molecule has 1 aliphatic rings. The lowest BCUT2D eigenvalue weighted by Crippen LogP contribution is -2.12. The van der Waals surface area contributed by atoms with Crippen LogP contribution in [-0.2, 0) is 11.2 Å². The van der Waals surface area contributed by atoms with E-state index in [4.69, 9.17) is 21.4 Å². The van der Waals surface area contributed by atoms with Crippen molar-refractivity contribution in [2.45, 2.75) is 44.9 Å².